The minimum Gasteiger partial charge on any atom is -0.496 e. The van der Waals surface area contributed by atoms with Crippen molar-refractivity contribution in [3.63, 3.8) is 0 Å². The second-order valence-corrected chi connectivity index (χ2v) is 6.03. The Morgan fingerprint density at radius 2 is 1.95 bits per heavy atom. The van der Waals surface area contributed by atoms with Gasteiger partial charge in [-0.05, 0) is 54.0 Å². The highest BCUT2D eigenvalue weighted by atomic mass is 79.9. The average Bonchev–Trinajstić information content (AvgIpc) is 2.41. The molecular formula is C16H17BrClNO. The summed E-state index contributed by atoms with van der Waals surface area (Å²) in [5.41, 5.74) is 3.35. The van der Waals surface area contributed by atoms with Gasteiger partial charge in [0.1, 0.15) is 5.75 Å². The molecule has 2 aromatic carbocycles. The molecule has 1 unspecified atom stereocenters. The lowest BCUT2D eigenvalue weighted by atomic mass is 10.0. The molecule has 0 aromatic heterocycles. The maximum absolute atomic E-state index is 5.96. The van der Waals surface area contributed by atoms with Crippen molar-refractivity contribution in [1.29, 1.82) is 0 Å². The van der Waals surface area contributed by atoms with Crippen LogP contribution in [0.25, 0.3) is 0 Å². The molecular weight excluding hydrogens is 338 g/mol. The summed E-state index contributed by atoms with van der Waals surface area (Å²) in [6.07, 6.45) is 0. The third-order valence-electron chi connectivity index (χ3n) is 3.15. The van der Waals surface area contributed by atoms with E-state index in [0.717, 1.165) is 21.5 Å². The molecule has 0 fully saturated rings. The minimum atomic E-state index is 0.127. The van der Waals surface area contributed by atoms with E-state index in [4.69, 9.17) is 16.3 Å². The molecule has 20 heavy (non-hydrogen) atoms. The van der Waals surface area contributed by atoms with Crippen LogP contribution in [0.2, 0.25) is 5.02 Å². The fourth-order valence-corrected chi connectivity index (χ4v) is 2.91. The quantitative estimate of drug-likeness (QED) is 0.772. The number of nitrogens with one attached hydrogen (secondary N) is 1. The number of hydrogen-bond acceptors (Lipinski definition) is 2. The first-order valence-corrected chi connectivity index (χ1v) is 7.54. The van der Waals surface area contributed by atoms with Crippen molar-refractivity contribution in [2.75, 3.05) is 12.4 Å². The number of rotatable bonds is 4. The van der Waals surface area contributed by atoms with Gasteiger partial charge in [-0.1, -0.05) is 29.3 Å². The first-order valence-electron chi connectivity index (χ1n) is 6.37. The van der Waals surface area contributed by atoms with Crippen LogP contribution in [0.15, 0.2) is 40.9 Å². The highest BCUT2D eigenvalue weighted by Gasteiger charge is 2.13. The molecule has 0 saturated carbocycles. The molecule has 0 aliphatic rings. The number of hydrogen-bond donors (Lipinski definition) is 1. The van der Waals surface area contributed by atoms with E-state index in [2.05, 4.69) is 41.2 Å². The van der Waals surface area contributed by atoms with Gasteiger partial charge < -0.3 is 10.1 Å². The number of methoxy groups -OCH3 is 1. The summed E-state index contributed by atoms with van der Waals surface area (Å²) in [6.45, 7) is 4.19. The zero-order valence-corrected chi connectivity index (χ0v) is 14.0. The van der Waals surface area contributed by atoms with Crippen LogP contribution in [0.4, 0.5) is 5.69 Å². The van der Waals surface area contributed by atoms with Gasteiger partial charge in [-0.3, -0.25) is 0 Å². The molecule has 2 aromatic rings. The Bertz CT molecular complexity index is 615. The Labute approximate surface area is 133 Å². The highest BCUT2D eigenvalue weighted by molar-refractivity contribution is 9.10. The smallest absolute Gasteiger partial charge is 0.124 e. The normalized spacial score (nSPS) is 12.1. The average molecular weight is 355 g/mol. The summed E-state index contributed by atoms with van der Waals surface area (Å²) in [5.74, 6) is 0.890. The van der Waals surface area contributed by atoms with Gasteiger partial charge in [-0.25, -0.2) is 0 Å². The summed E-state index contributed by atoms with van der Waals surface area (Å²) in [5, 5.41) is 4.18. The number of halogens is 2. The lowest BCUT2D eigenvalue weighted by Crippen LogP contribution is -2.09. The van der Waals surface area contributed by atoms with E-state index in [0.29, 0.717) is 5.02 Å². The molecule has 2 nitrogen and oxygen atoms in total. The molecule has 0 bridgehead atoms. The van der Waals surface area contributed by atoms with Crippen LogP contribution in [0.5, 0.6) is 5.75 Å². The lowest BCUT2D eigenvalue weighted by Gasteiger charge is -2.20. The molecule has 0 heterocycles. The monoisotopic (exact) mass is 353 g/mol. The van der Waals surface area contributed by atoms with Gasteiger partial charge in [-0.15, -0.1) is 0 Å². The van der Waals surface area contributed by atoms with Gasteiger partial charge in [0.25, 0.3) is 0 Å². The Morgan fingerprint density at radius 1 is 1.20 bits per heavy atom. The molecule has 4 heteroatoms. The van der Waals surface area contributed by atoms with Gasteiger partial charge in [-0.2, -0.15) is 0 Å². The summed E-state index contributed by atoms with van der Waals surface area (Å²) in [6, 6.07) is 12.0. The summed E-state index contributed by atoms with van der Waals surface area (Å²) in [7, 11) is 1.69. The maximum Gasteiger partial charge on any atom is 0.124 e. The largest absolute Gasteiger partial charge is 0.496 e. The number of ether oxygens (including phenoxy) is 1. The predicted molar refractivity (Wildman–Crippen MR) is 88.9 cm³/mol. The summed E-state index contributed by atoms with van der Waals surface area (Å²) < 4.78 is 6.38. The minimum absolute atomic E-state index is 0.127. The van der Waals surface area contributed by atoms with Gasteiger partial charge in [0.2, 0.25) is 0 Å². The molecule has 0 saturated heterocycles. The standard InChI is InChI=1S/C16H17BrClNO/c1-10-4-7-16(20-3)13(8-10)11(2)19-15-6-5-12(18)9-14(15)17/h4-9,11,19H,1-3H3. The van der Waals surface area contributed by atoms with Crippen LogP contribution in [-0.2, 0) is 0 Å². The van der Waals surface area contributed by atoms with Crippen LogP contribution in [0.3, 0.4) is 0 Å². The van der Waals surface area contributed by atoms with Crippen molar-refractivity contribution in [3.05, 3.63) is 57.0 Å². The van der Waals surface area contributed by atoms with Gasteiger partial charge >= 0.3 is 0 Å². The van der Waals surface area contributed by atoms with Gasteiger partial charge in [0.15, 0.2) is 0 Å². The van der Waals surface area contributed by atoms with Crippen molar-refractivity contribution in [2.45, 2.75) is 19.9 Å². The van der Waals surface area contributed by atoms with Crippen molar-refractivity contribution in [1.82, 2.24) is 0 Å². The van der Waals surface area contributed by atoms with Crippen molar-refractivity contribution in [3.8, 4) is 5.75 Å². The first kappa shape index (κ1) is 15.2. The van der Waals surface area contributed by atoms with E-state index in [1.807, 2.05) is 30.3 Å². The summed E-state index contributed by atoms with van der Waals surface area (Å²) in [4.78, 5) is 0. The summed E-state index contributed by atoms with van der Waals surface area (Å²) >= 11 is 9.48. The number of anilines is 1. The zero-order valence-electron chi connectivity index (χ0n) is 11.7. The molecule has 1 N–H and O–H groups in total. The third kappa shape index (κ3) is 3.47. The second kappa shape index (κ2) is 6.51. The van der Waals surface area contributed by atoms with Crippen LogP contribution < -0.4 is 10.1 Å². The Morgan fingerprint density at radius 3 is 2.60 bits per heavy atom. The predicted octanol–water partition coefficient (Wildman–Crippen LogP) is 5.59. The molecule has 0 radical (unpaired) electrons. The highest BCUT2D eigenvalue weighted by Crippen LogP contribution is 2.32. The topological polar surface area (TPSA) is 21.3 Å². The Hall–Kier alpha value is -1.19. The first-order chi connectivity index (χ1) is 9.51. The molecule has 106 valence electrons. The van der Waals surface area contributed by atoms with E-state index in [9.17, 15) is 0 Å². The number of aryl methyl sites for hydroxylation is 1. The molecule has 0 spiro atoms. The number of benzene rings is 2. The molecule has 0 aliphatic heterocycles. The Balaban J connectivity index is 2.27. The van der Waals surface area contributed by atoms with Crippen molar-refractivity contribution in [2.24, 2.45) is 0 Å². The van der Waals surface area contributed by atoms with Gasteiger partial charge in [0, 0.05) is 20.7 Å². The zero-order chi connectivity index (χ0) is 14.7. The molecule has 1 atom stereocenters. The van der Waals surface area contributed by atoms with Crippen LogP contribution in [-0.4, -0.2) is 7.11 Å². The molecule has 0 amide bonds. The van der Waals surface area contributed by atoms with Gasteiger partial charge in [0.05, 0.1) is 13.2 Å². The third-order valence-corrected chi connectivity index (χ3v) is 4.05. The van der Waals surface area contributed by atoms with Crippen molar-refractivity contribution >= 4 is 33.2 Å². The fraction of sp³-hybridized carbons (Fsp3) is 0.250. The van der Waals surface area contributed by atoms with E-state index >= 15 is 0 Å². The fourth-order valence-electron chi connectivity index (χ4n) is 2.11. The van der Waals surface area contributed by atoms with E-state index in [1.54, 1.807) is 7.11 Å². The molecule has 2 rings (SSSR count). The molecule has 0 aliphatic carbocycles. The van der Waals surface area contributed by atoms with Crippen LogP contribution in [0.1, 0.15) is 24.1 Å². The van der Waals surface area contributed by atoms with Crippen LogP contribution in [0, 0.1) is 6.92 Å². The van der Waals surface area contributed by atoms with Crippen LogP contribution >= 0.6 is 27.5 Å². The van der Waals surface area contributed by atoms with E-state index < -0.39 is 0 Å². The van der Waals surface area contributed by atoms with Crippen molar-refractivity contribution < 1.29 is 4.74 Å². The Kier molecular flexibility index (Phi) is 4.95. The maximum atomic E-state index is 5.96. The lowest BCUT2D eigenvalue weighted by molar-refractivity contribution is 0.408. The van der Waals surface area contributed by atoms with E-state index in [-0.39, 0.29) is 6.04 Å². The SMILES string of the molecule is COc1ccc(C)cc1C(C)Nc1ccc(Cl)cc1Br. The second-order valence-electron chi connectivity index (χ2n) is 4.74. The van der Waals surface area contributed by atoms with E-state index in [1.165, 1.54) is 5.56 Å².